The highest BCUT2D eigenvalue weighted by atomic mass is 16.4. The SMILES string of the molecule is O=C(O)C1(CNc2cccnc2)CC1. The quantitative estimate of drug-likeness (QED) is 0.756. The highest BCUT2D eigenvalue weighted by Gasteiger charge is 2.49. The van der Waals surface area contributed by atoms with Crippen LogP contribution in [-0.4, -0.2) is 22.6 Å². The van der Waals surface area contributed by atoms with Gasteiger partial charge in [0.25, 0.3) is 0 Å². The zero-order chi connectivity index (χ0) is 10.0. The molecule has 74 valence electrons. The standard InChI is InChI=1S/C10H12N2O2/c13-9(14)10(3-4-10)7-12-8-2-1-5-11-6-8/h1-2,5-6,12H,3-4,7H2,(H,13,14). The summed E-state index contributed by atoms with van der Waals surface area (Å²) in [6.45, 7) is 0.494. The van der Waals surface area contributed by atoms with Crippen molar-refractivity contribution in [3.8, 4) is 0 Å². The average Bonchev–Trinajstić information content (AvgIpc) is 2.97. The topological polar surface area (TPSA) is 62.2 Å². The van der Waals surface area contributed by atoms with Gasteiger partial charge in [-0.2, -0.15) is 0 Å². The minimum Gasteiger partial charge on any atom is -0.481 e. The van der Waals surface area contributed by atoms with Gasteiger partial charge in [0, 0.05) is 18.9 Å². The molecule has 2 N–H and O–H groups in total. The Morgan fingerprint density at radius 3 is 2.93 bits per heavy atom. The summed E-state index contributed by atoms with van der Waals surface area (Å²) in [5.74, 6) is -0.700. The highest BCUT2D eigenvalue weighted by Crippen LogP contribution is 2.45. The first-order chi connectivity index (χ1) is 6.73. The third kappa shape index (κ3) is 1.69. The molecule has 0 aromatic carbocycles. The fourth-order valence-corrected chi connectivity index (χ4v) is 1.36. The summed E-state index contributed by atoms with van der Waals surface area (Å²) >= 11 is 0. The minimum absolute atomic E-state index is 0.494. The molecule has 0 saturated heterocycles. The summed E-state index contributed by atoms with van der Waals surface area (Å²) < 4.78 is 0. The predicted octanol–water partition coefficient (Wildman–Crippen LogP) is 1.36. The van der Waals surface area contributed by atoms with Crippen LogP contribution in [0.15, 0.2) is 24.5 Å². The van der Waals surface area contributed by atoms with Crippen LogP contribution in [-0.2, 0) is 4.79 Å². The van der Waals surface area contributed by atoms with Crippen molar-refractivity contribution >= 4 is 11.7 Å². The molecule has 0 amide bonds. The summed E-state index contributed by atoms with van der Waals surface area (Å²) in [6.07, 6.45) is 4.93. The number of nitrogens with zero attached hydrogens (tertiary/aromatic N) is 1. The van der Waals surface area contributed by atoms with Gasteiger partial charge in [0.15, 0.2) is 0 Å². The lowest BCUT2D eigenvalue weighted by Gasteiger charge is -2.11. The van der Waals surface area contributed by atoms with Crippen molar-refractivity contribution in [2.45, 2.75) is 12.8 Å². The molecule has 0 radical (unpaired) electrons. The average molecular weight is 192 g/mol. The van der Waals surface area contributed by atoms with Gasteiger partial charge in [-0.15, -0.1) is 0 Å². The predicted molar refractivity (Wildman–Crippen MR) is 52.0 cm³/mol. The van der Waals surface area contributed by atoms with Crippen LogP contribution in [0, 0.1) is 5.41 Å². The Morgan fingerprint density at radius 1 is 1.64 bits per heavy atom. The van der Waals surface area contributed by atoms with E-state index in [4.69, 9.17) is 5.11 Å². The molecule has 1 aromatic rings. The van der Waals surface area contributed by atoms with Crippen molar-refractivity contribution in [1.29, 1.82) is 0 Å². The zero-order valence-electron chi connectivity index (χ0n) is 7.73. The summed E-state index contributed by atoms with van der Waals surface area (Å²) in [6, 6.07) is 3.70. The van der Waals surface area contributed by atoms with Crippen LogP contribution < -0.4 is 5.32 Å². The van der Waals surface area contributed by atoms with Gasteiger partial charge in [-0.3, -0.25) is 9.78 Å². The molecule has 4 heteroatoms. The number of hydrogen-bond donors (Lipinski definition) is 2. The maximum Gasteiger partial charge on any atom is 0.311 e. The van der Waals surface area contributed by atoms with Crippen LogP contribution in [0.5, 0.6) is 0 Å². The van der Waals surface area contributed by atoms with E-state index in [1.54, 1.807) is 12.4 Å². The molecule has 14 heavy (non-hydrogen) atoms. The Kier molecular flexibility index (Phi) is 2.11. The van der Waals surface area contributed by atoms with Crippen LogP contribution in [0.25, 0.3) is 0 Å². The molecule has 4 nitrogen and oxygen atoms in total. The summed E-state index contributed by atoms with van der Waals surface area (Å²) in [4.78, 5) is 14.8. The number of rotatable bonds is 4. The number of carboxylic acids is 1. The van der Waals surface area contributed by atoms with Gasteiger partial charge >= 0.3 is 5.97 Å². The van der Waals surface area contributed by atoms with Gasteiger partial charge in [-0.05, 0) is 25.0 Å². The van der Waals surface area contributed by atoms with Gasteiger partial charge in [0.2, 0.25) is 0 Å². The van der Waals surface area contributed by atoms with E-state index in [-0.39, 0.29) is 0 Å². The molecule has 0 unspecified atom stereocenters. The van der Waals surface area contributed by atoms with Crippen molar-refractivity contribution in [1.82, 2.24) is 4.98 Å². The van der Waals surface area contributed by atoms with Gasteiger partial charge in [-0.25, -0.2) is 0 Å². The summed E-state index contributed by atoms with van der Waals surface area (Å²) in [5.41, 5.74) is 0.357. The van der Waals surface area contributed by atoms with E-state index in [0.717, 1.165) is 18.5 Å². The fraction of sp³-hybridized carbons (Fsp3) is 0.400. The second kappa shape index (κ2) is 3.29. The smallest absolute Gasteiger partial charge is 0.311 e. The van der Waals surface area contributed by atoms with Crippen LogP contribution >= 0.6 is 0 Å². The van der Waals surface area contributed by atoms with E-state index in [2.05, 4.69) is 10.3 Å². The third-order valence-electron chi connectivity index (χ3n) is 2.60. The Balaban J connectivity index is 1.92. The van der Waals surface area contributed by atoms with Crippen LogP contribution in [0.2, 0.25) is 0 Å². The van der Waals surface area contributed by atoms with Crippen molar-refractivity contribution < 1.29 is 9.90 Å². The molecule has 0 aliphatic heterocycles. The Labute approximate surface area is 82.0 Å². The normalized spacial score (nSPS) is 17.4. The number of hydrogen-bond acceptors (Lipinski definition) is 3. The van der Waals surface area contributed by atoms with Gasteiger partial charge in [0.1, 0.15) is 0 Å². The van der Waals surface area contributed by atoms with E-state index < -0.39 is 11.4 Å². The molecular formula is C10H12N2O2. The molecule has 0 spiro atoms. The van der Waals surface area contributed by atoms with E-state index in [9.17, 15) is 4.79 Å². The van der Waals surface area contributed by atoms with Gasteiger partial charge in [0.05, 0.1) is 11.1 Å². The monoisotopic (exact) mass is 192 g/mol. The van der Waals surface area contributed by atoms with Crippen LogP contribution in [0.3, 0.4) is 0 Å². The summed E-state index contributed by atoms with van der Waals surface area (Å²) in [7, 11) is 0. The lowest BCUT2D eigenvalue weighted by Crippen LogP contribution is -2.24. The first-order valence-corrected chi connectivity index (χ1v) is 4.60. The first kappa shape index (κ1) is 8.99. The number of aromatic nitrogens is 1. The van der Waals surface area contributed by atoms with Crippen LogP contribution in [0.4, 0.5) is 5.69 Å². The number of nitrogens with one attached hydrogen (secondary N) is 1. The fourth-order valence-electron chi connectivity index (χ4n) is 1.36. The van der Waals surface area contributed by atoms with E-state index >= 15 is 0 Å². The molecule has 1 fully saturated rings. The first-order valence-electron chi connectivity index (χ1n) is 4.60. The number of carboxylic acid groups (broad SMARTS) is 1. The third-order valence-corrected chi connectivity index (χ3v) is 2.60. The van der Waals surface area contributed by atoms with Gasteiger partial charge < -0.3 is 10.4 Å². The summed E-state index contributed by atoms with van der Waals surface area (Å²) in [5, 5.41) is 12.0. The minimum atomic E-state index is -0.700. The van der Waals surface area contributed by atoms with Crippen molar-refractivity contribution in [3.63, 3.8) is 0 Å². The number of carbonyl (C=O) groups is 1. The molecule has 1 aromatic heterocycles. The number of pyridine rings is 1. The largest absolute Gasteiger partial charge is 0.481 e. The molecule has 0 bridgehead atoms. The van der Waals surface area contributed by atoms with Gasteiger partial charge in [-0.1, -0.05) is 0 Å². The van der Waals surface area contributed by atoms with E-state index in [1.807, 2.05) is 12.1 Å². The van der Waals surface area contributed by atoms with E-state index in [1.165, 1.54) is 0 Å². The Bertz CT molecular complexity index is 333. The molecule has 0 atom stereocenters. The molecule has 1 heterocycles. The van der Waals surface area contributed by atoms with E-state index in [0.29, 0.717) is 6.54 Å². The maximum absolute atomic E-state index is 10.8. The lowest BCUT2D eigenvalue weighted by atomic mass is 10.1. The maximum atomic E-state index is 10.8. The van der Waals surface area contributed by atoms with Crippen LogP contribution in [0.1, 0.15) is 12.8 Å². The molecule has 1 aliphatic rings. The Hall–Kier alpha value is -1.58. The second-order valence-corrected chi connectivity index (χ2v) is 3.68. The lowest BCUT2D eigenvalue weighted by molar-refractivity contribution is -0.142. The Morgan fingerprint density at radius 2 is 2.43 bits per heavy atom. The molecule has 2 rings (SSSR count). The number of anilines is 1. The highest BCUT2D eigenvalue weighted by molar-refractivity contribution is 5.78. The van der Waals surface area contributed by atoms with Crippen molar-refractivity contribution in [2.24, 2.45) is 5.41 Å². The molecule has 1 saturated carbocycles. The van der Waals surface area contributed by atoms with Crippen molar-refractivity contribution in [3.05, 3.63) is 24.5 Å². The van der Waals surface area contributed by atoms with Crippen molar-refractivity contribution in [2.75, 3.05) is 11.9 Å². The zero-order valence-corrected chi connectivity index (χ0v) is 7.73. The number of aliphatic carboxylic acids is 1. The second-order valence-electron chi connectivity index (χ2n) is 3.68. The molecular weight excluding hydrogens is 180 g/mol. The molecule has 1 aliphatic carbocycles.